The first-order chi connectivity index (χ1) is 13.7. The van der Waals surface area contributed by atoms with E-state index in [0.29, 0.717) is 6.54 Å². The summed E-state index contributed by atoms with van der Waals surface area (Å²) < 4.78 is 0. The standard InChI is InChI=1S/C23H29N3O2/c27-22(24-15-7-10-19-8-3-1-4-9-19)18-23(28)25-20-11-13-21(14-12-20)26-16-5-2-6-17-26/h1,3-4,8-9,11-14H,2,5-7,10,15-18H2,(H,24,27)(H,25,28). The first-order valence-corrected chi connectivity index (χ1v) is 10.2. The third-order valence-corrected chi connectivity index (χ3v) is 5.00. The van der Waals surface area contributed by atoms with E-state index < -0.39 is 0 Å². The molecule has 0 unspecified atom stereocenters. The van der Waals surface area contributed by atoms with Gasteiger partial charge in [0.15, 0.2) is 0 Å². The van der Waals surface area contributed by atoms with Crippen molar-refractivity contribution >= 4 is 23.2 Å². The summed E-state index contributed by atoms with van der Waals surface area (Å²) >= 11 is 0. The molecule has 1 aliphatic heterocycles. The summed E-state index contributed by atoms with van der Waals surface area (Å²) in [4.78, 5) is 26.4. The third kappa shape index (κ3) is 6.41. The Balaban J connectivity index is 1.35. The van der Waals surface area contributed by atoms with Gasteiger partial charge in [-0.1, -0.05) is 30.3 Å². The molecule has 0 aromatic heterocycles. The molecular weight excluding hydrogens is 350 g/mol. The van der Waals surface area contributed by atoms with Crippen LogP contribution < -0.4 is 15.5 Å². The van der Waals surface area contributed by atoms with Crippen molar-refractivity contribution < 1.29 is 9.59 Å². The summed E-state index contributed by atoms with van der Waals surface area (Å²) in [6.45, 7) is 2.76. The zero-order valence-electron chi connectivity index (χ0n) is 16.3. The molecule has 1 fully saturated rings. The number of hydrogen-bond acceptors (Lipinski definition) is 3. The molecule has 0 radical (unpaired) electrons. The summed E-state index contributed by atoms with van der Waals surface area (Å²) in [6, 6.07) is 18.0. The van der Waals surface area contributed by atoms with Crippen LogP contribution in [0.5, 0.6) is 0 Å². The number of aryl methyl sites for hydroxylation is 1. The zero-order valence-corrected chi connectivity index (χ0v) is 16.3. The number of anilines is 2. The van der Waals surface area contributed by atoms with Gasteiger partial charge in [0.05, 0.1) is 0 Å². The predicted octanol–water partition coefficient (Wildman–Crippen LogP) is 3.75. The van der Waals surface area contributed by atoms with Crippen LogP contribution in [0.3, 0.4) is 0 Å². The lowest BCUT2D eigenvalue weighted by Crippen LogP contribution is -2.29. The van der Waals surface area contributed by atoms with Gasteiger partial charge in [0.2, 0.25) is 11.8 Å². The summed E-state index contributed by atoms with van der Waals surface area (Å²) in [7, 11) is 0. The van der Waals surface area contributed by atoms with Crippen LogP contribution in [0, 0.1) is 0 Å². The Morgan fingerprint density at radius 3 is 2.29 bits per heavy atom. The number of amides is 2. The van der Waals surface area contributed by atoms with E-state index in [-0.39, 0.29) is 18.2 Å². The molecule has 2 aromatic rings. The minimum atomic E-state index is -0.286. The van der Waals surface area contributed by atoms with Gasteiger partial charge in [0.1, 0.15) is 6.42 Å². The van der Waals surface area contributed by atoms with Gasteiger partial charge in [0, 0.05) is 31.0 Å². The number of nitrogens with zero attached hydrogens (tertiary/aromatic N) is 1. The Bertz CT molecular complexity index is 753. The minimum absolute atomic E-state index is 0.154. The molecule has 0 bridgehead atoms. The summed E-state index contributed by atoms with van der Waals surface area (Å²) in [5.74, 6) is -0.526. The minimum Gasteiger partial charge on any atom is -0.372 e. The molecule has 148 valence electrons. The second-order valence-electron chi connectivity index (χ2n) is 7.26. The van der Waals surface area contributed by atoms with Gasteiger partial charge in [-0.05, 0) is 61.9 Å². The van der Waals surface area contributed by atoms with E-state index in [1.807, 2.05) is 42.5 Å². The number of carbonyl (C=O) groups is 2. The van der Waals surface area contributed by atoms with Crippen molar-refractivity contribution in [3.05, 3.63) is 60.2 Å². The largest absolute Gasteiger partial charge is 0.372 e. The SMILES string of the molecule is O=C(CC(=O)Nc1ccc(N2CCCCC2)cc1)NCCCc1ccccc1. The Labute approximate surface area is 167 Å². The maximum absolute atomic E-state index is 12.1. The van der Waals surface area contributed by atoms with E-state index in [4.69, 9.17) is 0 Å². The average Bonchev–Trinajstić information content (AvgIpc) is 2.73. The average molecular weight is 380 g/mol. The van der Waals surface area contributed by atoms with Crippen LogP contribution >= 0.6 is 0 Å². The van der Waals surface area contributed by atoms with E-state index in [9.17, 15) is 9.59 Å². The Kier molecular flexibility index (Phi) is 7.47. The van der Waals surface area contributed by atoms with Gasteiger partial charge in [-0.15, -0.1) is 0 Å². The molecule has 5 heteroatoms. The quantitative estimate of drug-likeness (QED) is 0.542. The number of benzene rings is 2. The van der Waals surface area contributed by atoms with Gasteiger partial charge in [-0.25, -0.2) is 0 Å². The number of hydrogen-bond donors (Lipinski definition) is 2. The van der Waals surface area contributed by atoms with Crippen molar-refractivity contribution in [3.8, 4) is 0 Å². The van der Waals surface area contributed by atoms with Crippen LogP contribution in [-0.4, -0.2) is 31.4 Å². The molecule has 28 heavy (non-hydrogen) atoms. The molecule has 0 atom stereocenters. The first kappa shape index (κ1) is 19.9. The molecule has 5 nitrogen and oxygen atoms in total. The van der Waals surface area contributed by atoms with E-state index in [2.05, 4.69) is 27.7 Å². The second kappa shape index (κ2) is 10.5. The summed E-state index contributed by atoms with van der Waals surface area (Å²) in [5, 5.41) is 5.62. The maximum Gasteiger partial charge on any atom is 0.233 e. The van der Waals surface area contributed by atoms with Gasteiger partial charge in [-0.3, -0.25) is 9.59 Å². The van der Waals surface area contributed by atoms with E-state index >= 15 is 0 Å². The van der Waals surface area contributed by atoms with Gasteiger partial charge >= 0.3 is 0 Å². The zero-order chi connectivity index (χ0) is 19.6. The molecule has 0 spiro atoms. The lowest BCUT2D eigenvalue weighted by Gasteiger charge is -2.28. The highest BCUT2D eigenvalue weighted by Gasteiger charge is 2.12. The molecule has 2 N–H and O–H groups in total. The number of rotatable bonds is 8. The number of piperidine rings is 1. The molecule has 0 aliphatic carbocycles. The van der Waals surface area contributed by atoms with E-state index in [1.54, 1.807) is 0 Å². The fourth-order valence-corrected chi connectivity index (χ4v) is 3.49. The van der Waals surface area contributed by atoms with Crippen molar-refractivity contribution in [2.75, 3.05) is 29.9 Å². The van der Waals surface area contributed by atoms with Crippen LogP contribution in [-0.2, 0) is 16.0 Å². The Morgan fingerprint density at radius 1 is 0.857 bits per heavy atom. The van der Waals surface area contributed by atoms with E-state index in [1.165, 1.54) is 30.5 Å². The van der Waals surface area contributed by atoms with Crippen LogP contribution in [0.1, 0.15) is 37.7 Å². The Morgan fingerprint density at radius 2 is 1.57 bits per heavy atom. The maximum atomic E-state index is 12.1. The highest BCUT2D eigenvalue weighted by Crippen LogP contribution is 2.21. The molecule has 1 heterocycles. The lowest BCUT2D eigenvalue weighted by atomic mass is 10.1. The van der Waals surface area contributed by atoms with Crippen molar-refractivity contribution in [2.45, 2.75) is 38.5 Å². The van der Waals surface area contributed by atoms with Crippen molar-refractivity contribution in [3.63, 3.8) is 0 Å². The first-order valence-electron chi connectivity index (χ1n) is 10.2. The number of nitrogens with one attached hydrogen (secondary N) is 2. The van der Waals surface area contributed by atoms with Crippen LogP contribution in [0.15, 0.2) is 54.6 Å². The van der Waals surface area contributed by atoms with Gasteiger partial charge in [0.25, 0.3) is 0 Å². The molecule has 1 aliphatic rings. The molecular formula is C23H29N3O2. The fraction of sp³-hybridized carbons (Fsp3) is 0.391. The highest BCUT2D eigenvalue weighted by atomic mass is 16.2. The topological polar surface area (TPSA) is 61.4 Å². The third-order valence-electron chi connectivity index (χ3n) is 5.00. The van der Waals surface area contributed by atoms with E-state index in [0.717, 1.165) is 31.6 Å². The number of carbonyl (C=O) groups excluding carboxylic acids is 2. The smallest absolute Gasteiger partial charge is 0.233 e. The summed E-state index contributed by atoms with van der Waals surface area (Å²) in [6.07, 6.45) is 5.39. The van der Waals surface area contributed by atoms with Crippen molar-refractivity contribution in [2.24, 2.45) is 0 Å². The van der Waals surface area contributed by atoms with Gasteiger partial charge in [-0.2, -0.15) is 0 Å². The normalized spacial score (nSPS) is 13.8. The molecule has 2 amide bonds. The lowest BCUT2D eigenvalue weighted by molar-refractivity contribution is -0.126. The second-order valence-corrected chi connectivity index (χ2v) is 7.26. The molecule has 3 rings (SSSR count). The van der Waals surface area contributed by atoms with Gasteiger partial charge < -0.3 is 15.5 Å². The highest BCUT2D eigenvalue weighted by molar-refractivity contribution is 6.03. The van der Waals surface area contributed by atoms with Crippen LogP contribution in [0.4, 0.5) is 11.4 Å². The Hall–Kier alpha value is -2.82. The van der Waals surface area contributed by atoms with Crippen LogP contribution in [0.2, 0.25) is 0 Å². The summed E-state index contributed by atoms with van der Waals surface area (Å²) in [5.41, 5.74) is 3.17. The predicted molar refractivity (Wildman–Crippen MR) is 114 cm³/mol. The fourth-order valence-electron chi connectivity index (χ4n) is 3.49. The molecule has 0 saturated carbocycles. The monoisotopic (exact) mass is 379 g/mol. The molecule has 2 aromatic carbocycles. The molecule has 1 saturated heterocycles. The van der Waals surface area contributed by atoms with Crippen LogP contribution in [0.25, 0.3) is 0 Å². The van der Waals surface area contributed by atoms with Crippen molar-refractivity contribution in [1.29, 1.82) is 0 Å². The van der Waals surface area contributed by atoms with Crippen molar-refractivity contribution in [1.82, 2.24) is 5.32 Å².